The SMILES string of the molecule is CC1(C)CCC(C)(C)C2CC=CC(c3cccc(-n4c5ccccc5c5cc(-c6ccc7c(c6)c6ccccc6n7-c6ccccc6)ccc54)c3)=C21. The van der Waals surface area contributed by atoms with Crippen molar-refractivity contribution in [2.75, 3.05) is 0 Å². The van der Waals surface area contributed by atoms with Crippen molar-refractivity contribution in [2.45, 2.75) is 47.0 Å². The molecule has 0 saturated heterocycles. The molecule has 254 valence electrons. The zero-order valence-corrected chi connectivity index (χ0v) is 30.5. The van der Waals surface area contributed by atoms with Gasteiger partial charge < -0.3 is 9.13 Å². The van der Waals surface area contributed by atoms with Crippen LogP contribution in [0.2, 0.25) is 0 Å². The molecule has 6 aromatic carbocycles. The summed E-state index contributed by atoms with van der Waals surface area (Å²) in [4.78, 5) is 0. The van der Waals surface area contributed by atoms with E-state index in [2.05, 4.69) is 189 Å². The first-order valence-electron chi connectivity index (χ1n) is 18.9. The summed E-state index contributed by atoms with van der Waals surface area (Å²) in [7, 11) is 0. The van der Waals surface area contributed by atoms with E-state index < -0.39 is 0 Å². The fourth-order valence-corrected chi connectivity index (χ4v) is 9.71. The van der Waals surface area contributed by atoms with Crippen LogP contribution in [0.1, 0.15) is 52.5 Å². The van der Waals surface area contributed by atoms with E-state index in [9.17, 15) is 0 Å². The van der Waals surface area contributed by atoms with E-state index in [-0.39, 0.29) is 5.41 Å². The highest BCUT2D eigenvalue weighted by atomic mass is 15.0. The Labute approximate surface area is 306 Å². The van der Waals surface area contributed by atoms with Gasteiger partial charge in [-0.1, -0.05) is 124 Å². The number of fused-ring (bicyclic) bond motifs is 7. The Morgan fingerprint density at radius 1 is 0.481 bits per heavy atom. The highest BCUT2D eigenvalue weighted by molar-refractivity contribution is 6.12. The number of hydrogen-bond donors (Lipinski definition) is 0. The largest absolute Gasteiger partial charge is 0.309 e. The summed E-state index contributed by atoms with van der Waals surface area (Å²) in [5.74, 6) is 0.584. The number of aromatic nitrogens is 2. The van der Waals surface area contributed by atoms with Crippen LogP contribution in [0.25, 0.3) is 71.7 Å². The van der Waals surface area contributed by atoms with Gasteiger partial charge >= 0.3 is 0 Å². The van der Waals surface area contributed by atoms with Crippen LogP contribution >= 0.6 is 0 Å². The maximum absolute atomic E-state index is 2.48. The predicted octanol–water partition coefficient (Wildman–Crippen LogP) is 13.7. The Morgan fingerprint density at radius 3 is 1.69 bits per heavy atom. The number of rotatable bonds is 4. The molecule has 0 N–H and O–H groups in total. The van der Waals surface area contributed by atoms with Gasteiger partial charge in [-0.15, -0.1) is 0 Å². The number of benzene rings is 6. The molecule has 0 amide bonds. The second kappa shape index (κ2) is 11.5. The van der Waals surface area contributed by atoms with E-state index >= 15 is 0 Å². The number of nitrogens with zero attached hydrogens (tertiary/aromatic N) is 2. The summed E-state index contributed by atoms with van der Waals surface area (Å²) < 4.78 is 4.86. The van der Waals surface area contributed by atoms with Crippen LogP contribution in [0.4, 0.5) is 0 Å². The Kier molecular flexibility index (Phi) is 6.86. The first kappa shape index (κ1) is 31.2. The maximum atomic E-state index is 2.48. The summed E-state index contributed by atoms with van der Waals surface area (Å²) in [6.45, 7) is 9.90. The molecule has 1 saturated carbocycles. The van der Waals surface area contributed by atoms with Gasteiger partial charge in [0.25, 0.3) is 0 Å². The van der Waals surface area contributed by atoms with Crippen molar-refractivity contribution in [1.82, 2.24) is 9.13 Å². The first-order chi connectivity index (χ1) is 25.3. The summed E-state index contributed by atoms with van der Waals surface area (Å²) >= 11 is 0. The Bertz CT molecular complexity index is 2760. The van der Waals surface area contributed by atoms with Gasteiger partial charge in [-0.3, -0.25) is 0 Å². The fraction of sp³-hybridized carbons (Fsp3) is 0.200. The Balaban J connectivity index is 1.12. The van der Waals surface area contributed by atoms with Gasteiger partial charge in [0.1, 0.15) is 0 Å². The van der Waals surface area contributed by atoms with E-state index in [1.165, 1.54) is 90.1 Å². The lowest BCUT2D eigenvalue weighted by molar-refractivity contribution is 0.125. The molecular formula is C50H44N2. The molecule has 2 nitrogen and oxygen atoms in total. The smallest absolute Gasteiger partial charge is 0.0541 e. The van der Waals surface area contributed by atoms with Crippen molar-refractivity contribution in [1.29, 1.82) is 0 Å². The molecule has 2 heteroatoms. The van der Waals surface area contributed by atoms with E-state index in [4.69, 9.17) is 0 Å². The number of allylic oxidation sites excluding steroid dienone is 4. The van der Waals surface area contributed by atoms with Crippen LogP contribution in [-0.2, 0) is 0 Å². The molecule has 2 aromatic heterocycles. The van der Waals surface area contributed by atoms with Crippen LogP contribution in [0, 0.1) is 16.7 Å². The van der Waals surface area contributed by atoms with Crippen molar-refractivity contribution in [2.24, 2.45) is 16.7 Å². The topological polar surface area (TPSA) is 9.86 Å². The molecule has 1 fully saturated rings. The molecule has 10 rings (SSSR count). The van der Waals surface area contributed by atoms with Crippen molar-refractivity contribution in [3.63, 3.8) is 0 Å². The van der Waals surface area contributed by atoms with Gasteiger partial charge in [-0.25, -0.2) is 0 Å². The molecule has 2 aliphatic rings. The standard InChI is InChI=1S/C50H44N2/c1-49(2)28-29-50(3,4)48-38(20-13-21-43(48)49)35-14-12-17-37(30-35)52-45-23-11-9-19-40(45)42-32-34(25-27-47(42)52)33-24-26-46-41(31-33)39-18-8-10-22-44(39)51(46)36-15-6-5-7-16-36/h5-20,22-27,30-32,43H,21,28-29H2,1-4H3. The Hall–Kier alpha value is -5.60. The van der Waals surface area contributed by atoms with Crippen molar-refractivity contribution >= 4 is 49.2 Å². The van der Waals surface area contributed by atoms with Gasteiger partial charge in [-0.05, 0) is 119 Å². The average molecular weight is 673 g/mol. The maximum Gasteiger partial charge on any atom is 0.0541 e. The van der Waals surface area contributed by atoms with Gasteiger partial charge in [0.2, 0.25) is 0 Å². The summed E-state index contributed by atoms with van der Waals surface area (Å²) in [5, 5.41) is 5.10. The molecule has 0 spiro atoms. The van der Waals surface area contributed by atoms with Crippen molar-refractivity contribution < 1.29 is 0 Å². The van der Waals surface area contributed by atoms with Crippen LogP contribution in [0.5, 0.6) is 0 Å². The quantitative estimate of drug-likeness (QED) is 0.176. The molecule has 0 radical (unpaired) electrons. The molecule has 1 atom stereocenters. The van der Waals surface area contributed by atoms with Crippen LogP contribution in [-0.4, -0.2) is 9.13 Å². The lowest BCUT2D eigenvalue weighted by Gasteiger charge is -2.50. The molecule has 0 bridgehead atoms. The lowest BCUT2D eigenvalue weighted by atomic mass is 9.54. The molecule has 0 aliphatic heterocycles. The average Bonchev–Trinajstić information content (AvgIpc) is 3.69. The first-order valence-corrected chi connectivity index (χ1v) is 18.9. The zero-order valence-electron chi connectivity index (χ0n) is 30.5. The van der Waals surface area contributed by atoms with Crippen LogP contribution in [0.15, 0.2) is 157 Å². The molecule has 2 aliphatic carbocycles. The second-order valence-corrected chi connectivity index (χ2v) is 16.4. The highest BCUT2D eigenvalue weighted by Gasteiger charge is 2.45. The minimum atomic E-state index is 0.193. The van der Waals surface area contributed by atoms with Crippen molar-refractivity contribution in [3.8, 4) is 22.5 Å². The van der Waals surface area contributed by atoms with Gasteiger partial charge in [0.05, 0.1) is 22.1 Å². The Morgan fingerprint density at radius 2 is 1.04 bits per heavy atom. The van der Waals surface area contributed by atoms with E-state index in [0.29, 0.717) is 11.3 Å². The third-order valence-electron chi connectivity index (χ3n) is 12.5. The van der Waals surface area contributed by atoms with E-state index in [1.54, 1.807) is 5.57 Å². The minimum absolute atomic E-state index is 0.193. The molecule has 52 heavy (non-hydrogen) atoms. The zero-order chi connectivity index (χ0) is 35.2. The second-order valence-electron chi connectivity index (χ2n) is 16.4. The van der Waals surface area contributed by atoms with Gasteiger partial charge in [0.15, 0.2) is 0 Å². The van der Waals surface area contributed by atoms with Gasteiger partial charge in [-0.2, -0.15) is 0 Å². The number of para-hydroxylation sites is 3. The summed E-state index contributed by atoms with van der Waals surface area (Å²) in [6, 6.07) is 51.7. The van der Waals surface area contributed by atoms with Crippen molar-refractivity contribution in [3.05, 3.63) is 163 Å². The molecule has 1 unspecified atom stereocenters. The third-order valence-corrected chi connectivity index (χ3v) is 12.5. The third kappa shape index (κ3) is 4.70. The minimum Gasteiger partial charge on any atom is -0.309 e. The lowest BCUT2D eigenvalue weighted by Crippen LogP contribution is -2.39. The monoisotopic (exact) mass is 672 g/mol. The predicted molar refractivity (Wildman–Crippen MR) is 222 cm³/mol. The fourth-order valence-electron chi connectivity index (χ4n) is 9.71. The van der Waals surface area contributed by atoms with E-state index in [0.717, 1.165) is 6.42 Å². The van der Waals surface area contributed by atoms with E-state index in [1.807, 2.05) is 0 Å². The van der Waals surface area contributed by atoms with Crippen LogP contribution in [0.3, 0.4) is 0 Å². The molecule has 2 heterocycles. The van der Waals surface area contributed by atoms with Gasteiger partial charge in [0, 0.05) is 32.9 Å². The molecule has 8 aromatic rings. The molecular weight excluding hydrogens is 629 g/mol. The summed E-state index contributed by atoms with van der Waals surface area (Å²) in [5.41, 5.74) is 14.7. The summed E-state index contributed by atoms with van der Waals surface area (Å²) in [6.07, 6.45) is 8.51. The number of hydrogen-bond acceptors (Lipinski definition) is 0. The normalized spacial score (nSPS) is 18.1. The van der Waals surface area contributed by atoms with Crippen LogP contribution < -0.4 is 0 Å². The highest BCUT2D eigenvalue weighted by Crippen LogP contribution is 2.57.